The second-order valence-electron chi connectivity index (χ2n) is 3.82. The highest BCUT2D eigenvalue weighted by molar-refractivity contribution is 5.80. The third-order valence-electron chi connectivity index (χ3n) is 2.17. The van der Waals surface area contributed by atoms with Crippen LogP contribution in [0.1, 0.15) is 18.9 Å². The summed E-state index contributed by atoms with van der Waals surface area (Å²) in [6.07, 6.45) is 0.351. The monoisotopic (exact) mass is 225 g/mol. The Kier molecular flexibility index (Phi) is 4.10. The van der Waals surface area contributed by atoms with Gasteiger partial charge >= 0.3 is 0 Å². The van der Waals surface area contributed by atoms with E-state index in [1.807, 2.05) is 13.8 Å². The van der Waals surface area contributed by atoms with Gasteiger partial charge in [0.15, 0.2) is 0 Å². The van der Waals surface area contributed by atoms with Crippen LogP contribution in [0.4, 0.5) is 10.1 Å². The minimum Gasteiger partial charge on any atom is -0.409 e. The zero-order valence-corrected chi connectivity index (χ0v) is 9.37. The van der Waals surface area contributed by atoms with Crippen LogP contribution in [0, 0.1) is 12.7 Å². The lowest BCUT2D eigenvalue weighted by Gasteiger charge is -2.15. The Balaban J connectivity index is 2.69. The highest BCUT2D eigenvalue weighted by Crippen LogP contribution is 2.17. The Bertz CT molecular complexity index is 393. The van der Waals surface area contributed by atoms with Crippen LogP contribution in [0.25, 0.3) is 0 Å². The van der Waals surface area contributed by atoms with E-state index in [9.17, 15) is 4.39 Å². The summed E-state index contributed by atoms with van der Waals surface area (Å²) in [5.74, 6) is -0.190. The summed E-state index contributed by atoms with van der Waals surface area (Å²) in [4.78, 5) is 0. The lowest BCUT2D eigenvalue weighted by Crippen LogP contribution is -2.24. The fourth-order valence-corrected chi connectivity index (χ4v) is 1.42. The number of nitrogens with two attached hydrogens (primary N) is 1. The van der Waals surface area contributed by atoms with Crippen molar-refractivity contribution in [3.8, 4) is 0 Å². The number of anilines is 1. The van der Waals surface area contributed by atoms with E-state index in [0.717, 1.165) is 5.56 Å². The zero-order valence-electron chi connectivity index (χ0n) is 9.37. The summed E-state index contributed by atoms with van der Waals surface area (Å²) in [6, 6.07) is 4.73. The molecule has 0 saturated carbocycles. The predicted molar refractivity (Wildman–Crippen MR) is 62.2 cm³/mol. The Labute approximate surface area is 94.0 Å². The maximum atomic E-state index is 13.4. The second kappa shape index (κ2) is 5.34. The molecule has 4 nitrogen and oxygen atoms in total. The molecular formula is C11H16FN3O. The molecule has 0 amide bonds. The van der Waals surface area contributed by atoms with Crippen LogP contribution in [0.2, 0.25) is 0 Å². The standard InChI is InChI=1S/C11H16FN3O/c1-7-3-4-9(12)10(5-7)14-8(2)6-11(13)15-16/h3-5,8,14,16H,6H2,1-2H3,(H2,13,15). The Morgan fingerprint density at radius 2 is 2.31 bits per heavy atom. The smallest absolute Gasteiger partial charge is 0.146 e. The SMILES string of the molecule is Cc1ccc(F)c(NC(C)CC(N)=NO)c1. The number of hydrogen-bond donors (Lipinski definition) is 3. The van der Waals surface area contributed by atoms with Crippen molar-refractivity contribution >= 4 is 11.5 Å². The van der Waals surface area contributed by atoms with E-state index in [-0.39, 0.29) is 17.7 Å². The summed E-state index contributed by atoms with van der Waals surface area (Å²) < 4.78 is 13.4. The Hall–Kier alpha value is -1.78. The molecule has 5 heteroatoms. The molecular weight excluding hydrogens is 209 g/mol. The fourth-order valence-electron chi connectivity index (χ4n) is 1.42. The van der Waals surface area contributed by atoms with Crippen LogP contribution in [0.15, 0.2) is 23.4 Å². The highest BCUT2D eigenvalue weighted by atomic mass is 19.1. The van der Waals surface area contributed by atoms with Gasteiger partial charge in [0.25, 0.3) is 0 Å². The van der Waals surface area contributed by atoms with Crippen molar-refractivity contribution in [1.29, 1.82) is 0 Å². The van der Waals surface area contributed by atoms with Crippen molar-refractivity contribution in [2.75, 3.05) is 5.32 Å². The summed E-state index contributed by atoms with van der Waals surface area (Å²) in [5.41, 5.74) is 6.76. The number of oxime groups is 1. The molecule has 0 aliphatic carbocycles. The van der Waals surface area contributed by atoms with Gasteiger partial charge in [0.1, 0.15) is 11.7 Å². The van der Waals surface area contributed by atoms with E-state index in [0.29, 0.717) is 12.1 Å². The van der Waals surface area contributed by atoms with E-state index in [2.05, 4.69) is 10.5 Å². The van der Waals surface area contributed by atoms with Crippen LogP contribution < -0.4 is 11.1 Å². The first kappa shape index (κ1) is 12.3. The van der Waals surface area contributed by atoms with Crippen LogP contribution >= 0.6 is 0 Å². The Morgan fingerprint density at radius 1 is 1.62 bits per heavy atom. The van der Waals surface area contributed by atoms with Gasteiger partial charge in [0.2, 0.25) is 0 Å². The third kappa shape index (κ3) is 3.42. The van der Waals surface area contributed by atoms with Gasteiger partial charge in [-0.3, -0.25) is 0 Å². The van der Waals surface area contributed by atoms with E-state index in [1.165, 1.54) is 6.07 Å². The average Bonchev–Trinajstić information content (AvgIpc) is 2.23. The van der Waals surface area contributed by atoms with E-state index in [4.69, 9.17) is 10.9 Å². The van der Waals surface area contributed by atoms with Gasteiger partial charge in [-0.05, 0) is 31.5 Å². The van der Waals surface area contributed by atoms with Crippen molar-refractivity contribution in [1.82, 2.24) is 0 Å². The quantitative estimate of drug-likeness (QED) is 0.318. The summed E-state index contributed by atoms with van der Waals surface area (Å²) in [6.45, 7) is 3.72. The van der Waals surface area contributed by atoms with E-state index < -0.39 is 0 Å². The van der Waals surface area contributed by atoms with Gasteiger partial charge in [-0.25, -0.2) is 4.39 Å². The molecule has 0 aliphatic heterocycles. The van der Waals surface area contributed by atoms with Crippen molar-refractivity contribution in [3.05, 3.63) is 29.6 Å². The molecule has 88 valence electrons. The first-order valence-corrected chi connectivity index (χ1v) is 5.02. The molecule has 1 unspecified atom stereocenters. The molecule has 1 atom stereocenters. The van der Waals surface area contributed by atoms with Gasteiger partial charge in [-0.1, -0.05) is 11.2 Å². The van der Waals surface area contributed by atoms with Crippen molar-refractivity contribution in [3.63, 3.8) is 0 Å². The molecule has 4 N–H and O–H groups in total. The highest BCUT2D eigenvalue weighted by Gasteiger charge is 2.08. The molecule has 1 rings (SSSR count). The molecule has 0 spiro atoms. The van der Waals surface area contributed by atoms with Crippen molar-refractivity contribution < 1.29 is 9.60 Å². The first-order chi connectivity index (χ1) is 7.52. The van der Waals surface area contributed by atoms with Crippen LogP contribution in [-0.4, -0.2) is 17.1 Å². The lowest BCUT2D eigenvalue weighted by atomic mass is 10.1. The molecule has 0 saturated heterocycles. The minimum atomic E-state index is -0.308. The summed E-state index contributed by atoms with van der Waals surface area (Å²) in [5, 5.41) is 14.2. The van der Waals surface area contributed by atoms with Gasteiger partial charge in [0, 0.05) is 12.5 Å². The first-order valence-electron chi connectivity index (χ1n) is 5.02. The molecule has 0 radical (unpaired) electrons. The van der Waals surface area contributed by atoms with Crippen molar-refractivity contribution in [2.24, 2.45) is 10.9 Å². The summed E-state index contributed by atoms with van der Waals surface area (Å²) >= 11 is 0. The lowest BCUT2D eigenvalue weighted by molar-refractivity contribution is 0.316. The number of amidine groups is 1. The molecule has 0 heterocycles. The molecule has 1 aromatic carbocycles. The number of nitrogens with one attached hydrogen (secondary N) is 1. The van der Waals surface area contributed by atoms with Gasteiger partial charge in [-0.15, -0.1) is 0 Å². The average molecular weight is 225 g/mol. The number of hydrogen-bond acceptors (Lipinski definition) is 3. The largest absolute Gasteiger partial charge is 0.409 e. The predicted octanol–water partition coefficient (Wildman–Crippen LogP) is 2.07. The molecule has 0 bridgehead atoms. The van der Waals surface area contributed by atoms with Crippen LogP contribution in [0.3, 0.4) is 0 Å². The molecule has 0 aliphatic rings. The van der Waals surface area contributed by atoms with Gasteiger partial charge in [-0.2, -0.15) is 0 Å². The summed E-state index contributed by atoms with van der Waals surface area (Å²) in [7, 11) is 0. The normalized spacial score (nSPS) is 13.6. The number of rotatable bonds is 4. The molecule has 0 fully saturated rings. The third-order valence-corrected chi connectivity index (χ3v) is 2.17. The maximum Gasteiger partial charge on any atom is 0.146 e. The topological polar surface area (TPSA) is 70.6 Å². The minimum absolute atomic E-state index is 0.104. The second-order valence-corrected chi connectivity index (χ2v) is 3.82. The fraction of sp³-hybridized carbons (Fsp3) is 0.364. The number of benzene rings is 1. The van der Waals surface area contributed by atoms with E-state index in [1.54, 1.807) is 12.1 Å². The Morgan fingerprint density at radius 3 is 2.94 bits per heavy atom. The number of aryl methyl sites for hydroxylation is 1. The van der Waals surface area contributed by atoms with Gasteiger partial charge in [0.05, 0.1) is 5.69 Å². The van der Waals surface area contributed by atoms with Crippen molar-refractivity contribution in [2.45, 2.75) is 26.3 Å². The number of nitrogens with zero attached hydrogens (tertiary/aromatic N) is 1. The van der Waals surface area contributed by atoms with Gasteiger partial charge < -0.3 is 16.3 Å². The maximum absolute atomic E-state index is 13.4. The number of halogens is 1. The van der Waals surface area contributed by atoms with Crippen LogP contribution in [0.5, 0.6) is 0 Å². The molecule has 0 aromatic heterocycles. The van der Waals surface area contributed by atoms with E-state index >= 15 is 0 Å². The molecule has 16 heavy (non-hydrogen) atoms. The zero-order chi connectivity index (χ0) is 12.1. The van der Waals surface area contributed by atoms with Crippen LogP contribution in [-0.2, 0) is 0 Å². The molecule has 1 aromatic rings.